The van der Waals surface area contributed by atoms with Crippen molar-refractivity contribution in [3.05, 3.63) is 27.2 Å². The molecule has 0 aliphatic rings. The number of Topliss-reactive ketones (excluding diaryl/α,β-unsaturated/α-hetero) is 1. The predicted octanol–water partition coefficient (Wildman–Crippen LogP) is 4.39. The second kappa shape index (κ2) is 6.33. The maximum Gasteiger partial charge on any atom is 0.170 e. The van der Waals surface area contributed by atoms with Crippen molar-refractivity contribution >= 4 is 40.6 Å². The first-order chi connectivity index (χ1) is 7.54. The summed E-state index contributed by atoms with van der Waals surface area (Å²) in [5, 5.41) is 1.06. The third-order valence-corrected chi connectivity index (χ3v) is 2.91. The molecule has 0 heterocycles. The van der Waals surface area contributed by atoms with E-state index in [2.05, 4.69) is 0 Å². The summed E-state index contributed by atoms with van der Waals surface area (Å²) in [6, 6.07) is 3.00. The molecule has 88 valence electrons. The molecule has 0 aliphatic heterocycles. The Morgan fingerprint density at radius 2 is 1.81 bits per heavy atom. The summed E-state index contributed by atoms with van der Waals surface area (Å²) in [5.74, 6) is 0.408. The molecule has 0 unspecified atom stereocenters. The molecule has 2 nitrogen and oxygen atoms in total. The van der Waals surface area contributed by atoms with Crippen molar-refractivity contribution in [1.82, 2.24) is 0 Å². The van der Waals surface area contributed by atoms with E-state index in [1.807, 2.05) is 6.92 Å². The van der Waals surface area contributed by atoms with Crippen molar-refractivity contribution in [3.8, 4) is 5.75 Å². The van der Waals surface area contributed by atoms with Gasteiger partial charge in [-0.1, -0.05) is 41.7 Å². The van der Waals surface area contributed by atoms with E-state index >= 15 is 0 Å². The lowest BCUT2D eigenvalue weighted by Crippen LogP contribution is -2.10. The number of benzene rings is 1. The van der Waals surface area contributed by atoms with E-state index in [1.54, 1.807) is 0 Å². The van der Waals surface area contributed by atoms with E-state index in [9.17, 15) is 4.79 Å². The minimum Gasteiger partial charge on any atom is -0.484 e. The van der Waals surface area contributed by atoms with E-state index in [1.165, 1.54) is 12.1 Å². The Morgan fingerprint density at radius 3 is 2.44 bits per heavy atom. The summed E-state index contributed by atoms with van der Waals surface area (Å²) in [5.41, 5.74) is 0. The highest BCUT2D eigenvalue weighted by molar-refractivity contribution is 6.43. The molecular weight excluding hydrogens is 270 g/mol. The summed E-state index contributed by atoms with van der Waals surface area (Å²) in [6.07, 6.45) is 1.30. The van der Waals surface area contributed by atoms with Gasteiger partial charge in [0.25, 0.3) is 0 Å². The van der Waals surface area contributed by atoms with Crippen LogP contribution in [0.4, 0.5) is 0 Å². The molecule has 0 atom stereocenters. The molecule has 16 heavy (non-hydrogen) atoms. The number of ether oxygens (including phenoxy) is 1. The van der Waals surface area contributed by atoms with Crippen LogP contribution in [0.1, 0.15) is 19.8 Å². The lowest BCUT2D eigenvalue weighted by molar-refractivity contribution is -0.121. The molecule has 0 fully saturated rings. The highest BCUT2D eigenvalue weighted by atomic mass is 35.5. The van der Waals surface area contributed by atoms with Gasteiger partial charge in [0.1, 0.15) is 12.4 Å². The predicted molar refractivity (Wildman–Crippen MR) is 66.9 cm³/mol. The number of carbonyl (C=O) groups is 1. The first-order valence-electron chi connectivity index (χ1n) is 4.83. The van der Waals surface area contributed by atoms with Gasteiger partial charge in [0.2, 0.25) is 0 Å². The fraction of sp³-hybridized carbons (Fsp3) is 0.364. The Bertz CT molecular complexity index is 391. The number of hydrogen-bond acceptors (Lipinski definition) is 2. The second-order valence-electron chi connectivity index (χ2n) is 3.27. The van der Waals surface area contributed by atoms with Crippen molar-refractivity contribution in [1.29, 1.82) is 0 Å². The first-order valence-corrected chi connectivity index (χ1v) is 5.97. The van der Waals surface area contributed by atoms with Crippen LogP contribution in [0.15, 0.2) is 12.1 Å². The summed E-state index contributed by atoms with van der Waals surface area (Å²) in [4.78, 5) is 11.3. The van der Waals surface area contributed by atoms with Crippen LogP contribution in [-0.2, 0) is 4.79 Å². The van der Waals surface area contributed by atoms with Crippen LogP contribution >= 0.6 is 34.8 Å². The van der Waals surface area contributed by atoms with Crippen LogP contribution in [-0.4, -0.2) is 12.4 Å². The second-order valence-corrected chi connectivity index (χ2v) is 4.50. The maximum absolute atomic E-state index is 11.3. The van der Waals surface area contributed by atoms with Gasteiger partial charge in [-0.05, 0) is 12.5 Å². The van der Waals surface area contributed by atoms with Crippen molar-refractivity contribution in [3.63, 3.8) is 0 Å². The molecule has 0 saturated heterocycles. The average molecular weight is 282 g/mol. The van der Waals surface area contributed by atoms with E-state index in [4.69, 9.17) is 39.5 Å². The van der Waals surface area contributed by atoms with Crippen molar-refractivity contribution in [2.45, 2.75) is 19.8 Å². The molecule has 0 amide bonds. The number of rotatable bonds is 5. The molecule has 0 saturated carbocycles. The quantitative estimate of drug-likeness (QED) is 0.748. The van der Waals surface area contributed by atoms with Crippen LogP contribution in [0.2, 0.25) is 15.1 Å². The van der Waals surface area contributed by atoms with Gasteiger partial charge < -0.3 is 4.74 Å². The fourth-order valence-electron chi connectivity index (χ4n) is 1.12. The van der Waals surface area contributed by atoms with Gasteiger partial charge in [-0.2, -0.15) is 0 Å². The third-order valence-electron chi connectivity index (χ3n) is 1.89. The normalized spacial score (nSPS) is 10.2. The van der Waals surface area contributed by atoms with Gasteiger partial charge in [0.15, 0.2) is 5.78 Å². The van der Waals surface area contributed by atoms with Crippen molar-refractivity contribution < 1.29 is 9.53 Å². The van der Waals surface area contributed by atoms with E-state index in [0.29, 0.717) is 27.2 Å². The lowest BCUT2D eigenvalue weighted by atomic mass is 10.2. The average Bonchev–Trinajstić information content (AvgIpc) is 2.22. The highest BCUT2D eigenvalue weighted by Crippen LogP contribution is 2.33. The molecule has 0 N–H and O–H groups in total. The number of ketones is 1. The molecule has 5 heteroatoms. The largest absolute Gasteiger partial charge is 0.484 e. The number of halogens is 3. The number of hydrogen-bond donors (Lipinski definition) is 0. The standard InChI is InChI=1S/C11H11Cl3O2/c1-2-3-7(15)6-16-11-5-9(13)8(12)4-10(11)14/h4-5H,2-3,6H2,1H3. The van der Waals surface area contributed by atoms with Gasteiger partial charge >= 0.3 is 0 Å². The molecular formula is C11H11Cl3O2. The monoisotopic (exact) mass is 280 g/mol. The smallest absolute Gasteiger partial charge is 0.170 e. The Morgan fingerprint density at radius 1 is 1.19 bits per heavy atom. The minimum atomic E-state index is 0.00548. The maximum atomic E-state index is 11.3. The Kier molecular flexibility index (Phi) is 5.39. The molecule has 0 radical (unpaired) electrons. The van der Waals surface area contributed by atoms with E-state index < -0.39 is 0 Å². The van der Waals surface area contributed by atoms with E-state index in [0.717, 1.165) is 6.42 Å². The molecule has 0 aliphatic carbocycles. The van der Waals surface area contributed by atoms with Crippen LogP contribution in [0, 0.1) is 0 Å². The van der Waals surface area contributed by atoms with Crippen LogP contribution in [0.5, 0.6) is 5.75 Å². The van der Waals surface area contributed by atoms with E-state index in [-0.39, 0.29) is 12.4 Å². The molecule has 0 bridgehead atoms. The highest BCUT2D eigenvalue weighted by Gasteiger charge is 2.08. The SMILES string of the molecule is CCCC(=O)COc1cc(Cl)c(Cl)cc1Cl. The van der Waals surface area contributed by atoms with Crippen molar-refractivity contribution in [2.75, 3.05) is 6.61 Å². The van der Waals surface area contributed by atoms with Crippen LogP contribution < -0.4 is 4.74 Å². The molecule has 1 aromatic carbocycles. The zero-order valence-electron chi connectivity index (χ0n) is 8.73. The zero-order chi connectivity index (χ0) is 12.1. The van der Waals surface area contributed by atoms with Gasteiger partial charge in [-0.25, -0.2) is 0 Å². The zero-order valence-corrected chi connectivity index (χ0v) is 11.0. The topological polar surface area (TPSA) is 26.3 Å². The van der Waals surface area contributed by atoms with Gasteiger partial charge in [-0.15, -0.1) is 0 Å². The summed E-state index contributed by atoms with van der Waals surface area (Å²) < 4.78 is 5.26. The fourth-order valence-corrected chi connectivity index (χ4v) is 1.72. The summed E-state index contributed by atoms with van der Waals surface area (Å²) in [6.45, 7) is 1.94. The molecule has 1 rings (SSSR count). The summed E-state index contributed by atoms with van der Waals surface area (Å²) >= 11 is 17.4. The van der Waals surface area contributed by atoms with Gasteiger partial charge in [0.05, 0.1) is 15.1 Å². The number of carbonyl (C=O) groups excluding carboxylic acids is 1. The Balaban J connectivity index is 2.67. The molecule has 1 aromatic rings. The molecule has 0 aromatic heterocycles. The summed E-state index contributed by atoms with van der Waals surface area (Å²) in [7, 11) is 0. The Labute approximate surface area is 109 Å². The first kappa shape index (κ1) is 13.6. The van der Waals surface area contributed by atoms with Crippen LogP contribution in [0.25, 0.3) is 0 Å². The van der Waals surface area contributed by atoms with Gasteiger partial charge in [0, 0.05) is 12.5 Å². The molecule has 0 spiro atoms. The lowest BCUT2D eigenvalue weighted by Gasteiger charge is -2.08. The van der Waals surface area contributed by atoms with Gasteiger partial charge in [-0.3, -0.25) is 4.79 Å². The minimum absolute atomic E-state index is 0.00548. The third kappa shape index (κ3) is 3.85. The van der Waals surface area contributed by atoms with Crippen LogP contribution in [0.3, 0.4) is 0 Å². The van der Waals surface area contributed by atoms with Crippen molar-refractivity contribution in [2.24, 2.45) is 0 Å². The Hall–Kier alpha value is -0.440.